The van der Waals surface area contributed by atoms with E-state index in [1.165, 1.54) is 0 Å². The molecule has 0 radical (unpaired) electrons. The van der Waals surface area contributed by atoms with Gasteiger partial charge in [0.25, 0.3) is 0 Å². The monoisotopic (exact) mass is 403 g/mol. The molecule has 3 rings (SSSR count). The lowest BCUT2D eigenvalue weighted by Gasteiger charge is -2.19. The smallest absolute Gasteiger partial charge is 0.332 e. The van der Waals surface area contributed by atoms with Gasteiger partial charge in [-0.15, -0.1) is 0 Å². The van der Waals surface area contributed by atoms with E-state index in [0.29, 0.717) is 13.2 Å². The molecule has 2 aliphatic rings. The Labute approximate surface area is 171 Å². The molecule has 0 saturated carbocycles. The number of nitrogens with zero attached hydrogens (tertiary/aromatic N) is 2. The van der Waals surface area contributed by atoms with Gasteiger partial charge < -0.3 is 19.0 Å². The topological polar surface area (TPSA) is 93.4 Å². The van der Waals surface area contributed by atoms with Crippen molar-refractivity contribution in [2.24, 2.45) is 5.16 Å². The van der Waals surface area contributed by atoms with Gasteiger partial charge in [0.05, 0.1) is 25.0 Å². The van der Waals surface area contributed by atoms with Crippen LogP contribution in [0.5, 0.6) is 0 Å². The number of carbonyl (C=O) groups excluding carboxylic acids is 1. The second kappa shape index (κ2) is 10.4. The quantitative estimate of drug-likeness (QED) is 0.386. The van der Waals surface area contributed by atoms with Crippen LogP contribution in [0.15, 0.2) is 29.4 Å². The highest BCUT2D eigenvalue weighted by atomic mass is 16.6. The molecule has 1 aromatic rings. The Balaban J connectivity index is 1.42. The summed E-state index contributed by atoms with van der Waals surface area (Å²) < 4.78 is 15.8. The molecule has 0 aliphatic carbocycles. The van der Waals surface area contributed by atoms with Gasteiger partial charge in [-0.25, -0.2) is 4.79 Å². The van der Waals surface area contributed by atoms with Crippen LogP contribution in [0.25, 0.3) is 0 Å². The minimum atomic E-state index is -0.314. The van der Waals surface area contributed by atoms with E-state index in [2.05, 4.69) is 10.1 Å². The van der Waals surface area contributed by atoms with Crippen LogP contribution >= 0.6 is 0 Å². The van der Waals surface area contributed by atoms with Crippen molar-refractivity contribution in [2.45, 2.75) is 38.9 Å². The van der Waals surface area contributed by atoms with Gasteiger partial charge in [-0.05, 0) is 38.0 Å². The molecule has 2 heterocycles. The Hall–Kier alpha value is -2.45. The third-order valence-electron chi connectivity index (χ3n) is 4.94. The number of likely N-dealkylation sites (tertiary alicyclic amines) is 1. The van der Waals surface area contributed by atoms with Crippen molar-refractivity contribution in [1.82, 2.24) is 4.90 Å². The van der Waals surface area contributed by atoms with E-state index in [0.717, 1.165) is 49.3 Å². The molecular formula is C21H29N3O5. The second-order valence-electron chi connectivity index (χ2n) is 7.10. The highest BCUT2D eigenvalue weighted by molar-refractivity contribution is 6.02. The zero-order valence-electron chi connectivity index (χ0n) is 17.1. The van der Waals surface area contributed by atoms with Crippen LogP contribution in [-0.4, -0.2) is 74.1 Å². The molecule has 1 N–H and O–H groups in total. The zero-order valence-corrected chi connectivity index (χ0v) is 17.1. The Morgan fingerprint density at radius 2 is 2.00 bits per heavy atom. The van der Waals surface area contributed by atoms with E-state index >= 15 is 0 Å². The molecule has 1 aromatic carbocycles. The van der Waals surface area contributed by atoms with Crippen molar-refractivity contribution in [1.29, 1.82) is 5.41 Å². The Kier molecular flexibility index (Phi) is 7.60. The minimum Gasteiger partial charge on any atom is -0.478 e. The number of hydrogen-bond acceptors (Lipinski definition) is 8. The van der Waals surface area contributed by atoms with Gasteiger partial charge in [0, 0.05) is 31.6 Å². The molecule has 0 amide bonds. The van der Waals surface area contributed by atoms with Gasteiger partial charge in [-0.1, -0.05) is 17.3 Å². The number of benzene rings is 1. The fourth-order valence-electron chi connectivity index (χ4n) is 3.51. The first-order valence-electron chi connectivity index (χ1n) is 10.1. The zero-order chi connectivity index (χ0) is 20.6. The first kappa shape index (κ1) is 21.3. The largest absolute Gasteiger partial charge is 0.478 e. The molecular weight excluding hydrogens is 374 g/mol. The summed E-state index contributed by atoms with van der Waals surface area (Å²) in [4.78, 5) is 19.3. The summed E-state index contributed by atoms with van der Waals surface area (Å²) in [6.07, 6.45) is 1.70. The summed E-state index contributed by atoms with van der Waals surface area (Å²) in [7, 11) is 0. The number of hydrogen-bond donors (Lipinski definition) is 1. The molecule has 0 spiro atoms. The summed E-state index contributed by atoms with van der Waals surface area (Å²) in [5, 5.41) is 12.1. The molecule has 8 heteroatoms. The Morgan fingerprint density at radius 1 is 1.24 bits per heavy atom. The summed E-state index contributed by atoms with van der Waals surface area (Å²) in [5.74, 6) is -0.138. The average Bonchev–Trinajstić information content (AvgIpc) is 3.37. The fourth-order valence-corrected chi connectivity index (χ4v) is 3.51. The van der Waals surface area contributed by atoms with Crippen LogP contribution in [0.2, 0.25) is 0 Å². The molecule has 0 aromatic heterocycles. The lowest BCUT2D eigenvalue weighted by Crippen LogP contribution is -2.32. The summed E-state index contributed by atoms with van der Waals surface area (Å²) >= 11 is 0. The van der Waals surface area contributed by atoms with Gasteiger partial charge in [0.2, 0.25) is 5.90 Å². The standard InChI is InChI=1S/C21H29N3O5/c1-3-26-20(25)14-28-17-9-10-24(12-17)13-18-11-19(23-29-18)15-5-7-16(8-6-15)21(22)27-4-2/h5-8,17-18,22H,3-4,9-14H2,1-2H3. The van der Waals surface area contributed by atoms with Gasteiger partial charge in [0.15, 0.2) is 0 Å². The van der Waals surface area contributed by atoms with E-state index in [1.807, 2.05) is 31.2 Å². The normalized spacial score (nSPS) is 21.5. The first-order chi connectivity index (χ1) is 14.1. The van der Waals surface area contributed by atoms with E-state index < -0.39 is 0 Å². The number of esters is 1. The van der Waals surface area contributed by atoms with Crippen molar-refractivity contribution in [3.63, 3.8) is 0 Å². The minimum absolute atomic E-state index is 0.00945. The second-order valence-corrected chi connectivity index (χ2v) is 7.10. The Bertz CT molecular complexity index is 734. The fraction of sp³-hybridized carbons (Fsp3) is 0.571. The van der Waals surface area contributed by atoms with Gasteiger partial charge in [-0.3, -0.25) is 10.3 Å². The summed E-state index contributed by atoms with van der Waals surface area (Å²) in [6.45, 7) is 6.98. The van der Waals surface area contributed by atoms with E-state index in [1.54, 1.807) is 6.92 Å². The lowest BCUT2D eigenvalue weighted by atomic mass is 10.0. The van der Waals surface area contributed by atoms with Crippen LogP contribution in [0.3, 0.4) is 0 Å². The summed E-state index contributed by atoms with van der Waals surface area (Å²) in [5.41, 5.74) is 2.66. The average molecular weight is 403 g/mol. The number of rotatable bonds is 9. The van der Waals surface area contributed by atoms with Gasteiger partial charge >= 0.3 is 5.97 Å². The van der Waals surface area contributed by atoms with Crippen LogP contribution in [-0.2, 0) is 23.8 Å². The number of oxime groups is 1. The third-order valence-corrected chi connectivity index (χ3v) is 4.94. The predicted octanol–water partition coefficient (Wildman–Crippen LogP) is 2.20. The van der Waals surface area contributed by atoms with Crippen LogP contribution < -0.4 is 0 Å². The van der Waals surface area contributed by atoms with Crippen molar-refractivity contribution in [3.8, 4) is 0 Å². The molecule has 2 unspecified atom stereocenters. The maximum Gasteiger partial charge on any atom is 0.332 e. The van der Waals surface area contributed by atoms with Crippen molar-refractivity contribution < 1.29 is 23.8 Å². The molecule has 29 heavy (non-hydrogen) atoms. The van der Waals surface area contributed by atoms with E-state index in [-0.39, 0.29) is 30.7 Å². The maximum atomic E-state index is 11.4. The summed E-state index contributed by atoms with van der Waals surface area (Å²) in [6, 6.07) is 7.63. The number of carbonyl (C=O) groups is 1. The van der Waals surface area contributed by atoms with Crippen LogP contribution in [0.1, 0.15) is 37.8 Å². The maximum absolute atomic E-state index is 11.4. The molecule has 8 nitrogen and oxygen atoms in total. The lowest BCUT2D eigenvalue weighted by molar-refractivity contribution is -0.150. The molecule has 1 saturated heterocycles. The highest BCUT2D eigenvalue weighted by Gasteiger charge is 2.29. The molecule has 1 fully saturated rings. The SMILES string of the molecule is CCOC(=N)c1ccc(C2=NOC(CN3CCC(OCC(=O)OCC)C3)C2)cc1. The van der Waals surface area contributed by atoms with Crippen LogP contribution in [0.4, 0.5) is 0 Å². The first-order valence-corrected chi connectivity index (χ1v) is 10.1. The number of nitrogens with one attached hydrogen (secondary N) is 1. The van der Waals surface area contributed by atoms with Crippen molar-refractivity contribution in [3.05, 3.63) is 35.4 Å². The molecule has 2 aliphatic heterocycles. The molecule has 158 valence electrons. The third kappa shape index (κ3) is 6.01. The van der Waals surface area contributed by atoms with Gasteiger partial charge in [-0.2, -0.15) is 0 Å². The predicted molar refractivity (Wildman–Crippen MR) is 108 cm³/mol. The molecule has 2 atom stereocenters. The van der Waals surface area contributed by atoms with Gasteiger partial charge in [0.1, 0.15) is 12.7 Å². The molecule has 0 bridgehead atoms. The van der Waals surface area contributed by atoms with E-state index in [4.69, 9.17) is 24.5 Å². The van der Waals surface area contributed by atoms with E-state index in [9.17, 15) is 4.79 Å². The van der Waals surface area contributed by atoms with Crippen molar-refractivity contribution >= 4 is 17.6 Å². The highest BCUT2D eigenvalue weighted by Crippen LogP contribution is 2.21. The Morgan fingerprint density at radius 3 is 2.72 bits per heavy atom. The number of ether oxygens (including phenoxy) is 3. The van der Waals surface area contributed by atoms with Crippen LogP contribution in [0, 0.1) is 5.41 Å². The van der Waals surface area contributed by atoms with Crippen molar-refractivity contribution in [2.75, 3.05) is 39.5 Å².